The zero-order valence-electron chi connectivity index (χ0n) is 14.2. The first-order chi connectivity index (χ1) is 12.6. The van der Waals surface area contributed by atoms with E-state index in [1.54, 1.807) is 25.3 Å². The molecule has 0 saturated carbocycles. The molecular formula is C19H17ClN2O2S2. The molecule has 7 heteroatoms. The Kier molecular flexibility index (Phi) is 6.19. The molecule has 0 fully saturated rings. The second kappa shape index (κ2) is 8.58. The zero-order valence-corrected chi connectivity index (χ0v) is 16.6. The number of thiazole rings is 1. The highest BCUT2D eigenvalue weighted by Crippen LogP contribution is 2.32. The minimum Gasteiger partial charge on any atom is -0.495 e. The number of halogens is 1. The van der Waals surface area contributed by atoms with Gasteiger partial charge in [0.2, 0.25) is 5.91 Å². The van der Waals surface area contributed by atoms with Gasteiger partial charge in [-0.05, 0) is 25.1 Å². The van der Waals surface area contributed by atoms with Crippen molar-refractivity contribution in [3.63, 3.8) is 0 Å². The molecule has 1 amide bonds. The van der Waals surface area contributed by atoms with Crippen molar-refractivity contribution in [2.45, 2.75) is 16.5 Å². The largest absolute Gasteiger partial charge is 0.495 e. The summed E-state index contributed by atoms with van der Waals surface area (Å²) in [5, 5.41) is 5.10. The van der Waals surface area contributed by atoms with Crippen LogP contribution in [-0.2, 0) is 4.79 Å². The number of rotatable bonds is 6. The van der Waals surface area contributed by atoms with E-state index in [0.717, 1.165) is 15.6 Å². The van der Waals surface area contributed by atoms with E-state index in [4.69, 9.17) is 16.3 Å². The molecule has 0 radical (unpaired) electrons. The van der Waals surface area contributed by atoms with Crippen LogP contribution < -0.4 is 10.1 Å². The molecule has 2 aromatic carbocycles. The van der Waals surface area contributed by atoms with Crippen LogP contribution in [0.2, 0.25) is 5.02 Å². The summed E-state index contributed by atoms with van der Waals surface area (Å²) in [6.45, 7) is 1.85. The van der Waals surface area contributed by atoms with Crippen molar-refractivity contribution in [2.75, 3.05) is 12.4 Å². The third kappa shape index (κ3) is 4.58. The number of carbonyl (C=O) groups excluding carboxylic acids is 1. The number of aromatic nitrogens is 1. The number of carbonyl (C=O) groups is 1. The van der Waals surface area contributed by atoms with Crippen LogP contribution in [0.4, 0.5) is 5.69 Å². The number of nitrogens with zero attached hydrogens (tertiary/aromatic N) is 1. The topological polar surface area (TPSA) is 51.2 Å². The molecule has 1 aromatic heterocycles. The van der Waals surface area contributed by atoms with Crippen molar-refractivity contribution in [2.24, 2.45) is 0 Å². The Bertz CT molecular complexity index is 900. The van der Waals surface area contributed by atoms with Crippen molar-refractivity contribution >= 4 is 46.3 Å². The third-order valence-corrected chi connectivity index (χ3v) is 5.93. The van der Waals surface area contributed by atoms with Gasteiger partial charge in [-0.25, -0.2) is 4.98 Å². The number of methoxy groups -OCH3 is 1. The predicted molar refractivity (Wildman–Crippen MR) is 110 cm³/mol. The van der Waals surface area contributed by atoms with Gasteiger partial charge in [0.25, 0.3) is 0 Å². The molecule has 4 nitrogen and oxygen atoms in total. The lowest BCUT2D eigenvalue weighted by molar-refractivity contribution is -0.115. The Hall–Kier alpha value is -2.02. The molecule has 0 aliphatic rings. The first-order valence-corrected chi connectivity index (χ1v) is 10.0. The van der Waals surface area contributed by atoms with Gasteiger partial charge in [0, 0.05) is 16.0 Å². The molecule has 3 rings (SSSR count). The number of hydrogen-bond acceptors (Lipinski definition) is 5. The molecule has 0 saturated heterocycles. The molecule has 1 heterocycles. The summed E-state index contributed by atoms with van der Waals surface area (Å²) in [6, 6.07) is 15.1. The van der Waals surface area contributed by atoms with Gasteiger partial charge in [0.1, 0.15) is 5.75 Å². The van der Waals surface area contributed by atoms with E-state index >= 15 is 0 Å². The summed E-state index contributed by atoms with van der Waals surface area (Å²) in [6.07, 6.45) is 0. The van der Waals surface area contributed by atoms with Crippen molar-refractivity contribution in [1.29, 1.82) is 0 Å². The van der Waals surface area contributed by atoms with Crippen LogP contribution in [0.3, 0.4) is 0 Å². The van der Waals surface area contributed by atoms with Crippen LogP contribution in [-0.4, -0.2) is 23.3 Å². The molecule has 0 aliphatic heterocycles. The van der Waals surface area contributed by atoms with E-state index in [1.807, 2.05) is 42.6 Å². The Morgan fingerprint density at radius 2 is 2.04 bits per heavy atom. The van der Waals surface area contributed by atoms with Gasteiger partial charge >= 0.3 is 0 Å². The fourth-order valence-electron chi connectivity index (χ4n) is 2.27. The zero-order chi connectivity index (χ0) is 18.5. The average Bonchev–Trinajstić information content (AvgIpc) is 3.11. The maximum atomic E-state index is 12.5. The SMILES string of the molecule is COc1ccc(Cl)cc1NC(=O)[C@H](C)Sc1nc(-c2ccccc2)cs1. The molecule has 0 unspecified atom stereocenters. The van der Waals surface area contributed by atoms with Crippen molar-refractivity contribution in [1.82, 2.24) is 4.98 Å². The number of benzene rings is 2. The molecule has 3 aromatic rings. The summed E-state index contributed by atoms with van der Waals surface area (Å²) < 4.78 is 6.11. The van der Waals surface area contributed by atoms with Crippen molar-refractivity contribution in [3.05, 3.63) is 58.9 Å². The fourth-order valence-corrected chi connectivity index (χ4v) is 4.41. The lowest BCUT2D eigenvalue weighted by atomic mass is 10.2. The van der Waals surface area contributed by atoms with Gasteiger partial charge in [0.05, 0.1) is 23.7 Å². The highest BCUT2D eigenvalue weighted by molar-refractivity contribution is 8.02. The van der Waals surface area contributed by atoms with Crippen LogP contribution in [0.15, 0.2) is 58.3 Å². The number of thioether (sulfide) groups is 1. The first-order valence-electron chi connectivity index (χ1n) is 7.89. The van der Waals surface area contributed by atoms with Crippen LogP contribution in [0.5, 0.6) is 5.75 Å². The summed E-state index contributed by atoms with van der Waals surface area (Å²) in [5.74, 6) is 0.438. The molecule has 0 bridgehead atoms. The summed E-state index contributed by atoms with van der Waals surface area (Å²) in [5.41, 5.74) is 2.54. The highest BCUT2D eigenvalue weighted by atomic mass is 35.5. The molecule has 134 valence electrons. The second-order valence-electron chi connectivity index (χ2n) is 5.46. The number of amides is 1. The minimum atomic E-state index is -0.312. The monoisotopic (exact) mass is 404 g/mol. The average molecular weight is 405 g/mol. The standard InChI is InChI=1S/C19H17ClN2O2S2/c1-12(18(23)21-15-10-14(20)8-9-17(15)24-2)26-19-22-16(11-25-19)13-6-4-3-5-7-13/h3-12H,1-2H3,(H,21,23)/t12-/m0/s1. The molecular weight excluding hydrogens is 388 g/mol. The lowest BCUT2D eigenvalue weighted by Gasteiger charge is -2.13. The maximum Gasteiger partial charge on any atom is 0.237 e. The second-order valence-corrected chi connectivity index (χ2v) is 8.34. The molecule has 0 spiro atoms. The van der Waals surface area contributed by atoms with Gasteiger partial charge in [-0.3, -0.25) is 4.79 Å². The highest BCUT2D eigenvalue weighted by Gasteiger charge is 2.18. The van der Waals surface area contributed by atoms with Crippen molar-refractivity contribution in [3.8, 4) is 17.0 Å². The first kappa shape index (κ1) is 18.8. The Labute approximate surface area is 165 Å². The minimum absolute atomic E-state index is 0.132. The quantitative estimate of drug-likeness (QED) is 0.544. The number of hydrogen-bond donors (Lipinski definition) is 1. The summed E-state index contributed by atoms with van der Waals surface area (Å²) in [4.78, 5) is 17.1. The summed E-state index contributed by atoms with van der Waals surface area (Å²) in [7, 11) is 1.55. The predicted octanol–water partition coefficient (Wildman–Crippen LogP) is 5.59. The van der Waals surface area contributed by atoms with Crippen molar-refractivity contribution < 1.29 is 9.53 Å². The van der Waals surface area contributed by atoms with Gasteiger partial charge in [0.15, 0.2) is 4.34 Å². The Morgan fingerprint density at radius 1 is 1.27 bits per heavy atom. The van der Waals surface area contributed by atoms with E-state index in [-0.39, 0.29) is 11.2 Å². The van der Waals surface area contributed by atoms with Gasteiger partial charge in [-0.2, -0.15) is 0 Å². The number of anilines is 1. The van der Waals surface area contributed by atoms with E-state index < -0.39 is 0 Å². The van der Waals surface area contributed by atoms with Crippen LogP contribution in [0.1, 0.15) is 6.92 Å². The van der Waals surface area contributed by atoms with Gasteiger partial charge in [-0.15, -0.1) is 11.3 Å². The van der Waals surface area contributed by atoms with Crippen LogP contribution >= 0.6 is 34.7 Å². The van der Waals surface area contributed by atoms with E-state index in [9.17, 15) is 4.79 Å². The van der Waals surface area contributed by atoms with E-state index in [2.05, 4.69) is 10.3 Å². The molecule has 1 atom stereocenters. The number of nitrogens with one attached hydrogen (secondary N) is 1. The Balaban J connectivity index is 1.67. The van der Waals surface area contributed by atoms with Crippen LogP contribution in [0, 0.1) is 0 Å². The molecule has 0 aliphatic carbocycles. The fraction of sp³-hybridized carbons (Fsp3) is 0.158. The number of ether oxygens (including phenoxy) is 1. The Morgan fingerprint density at radius 3 is 2.77 bits per heavy atom. The smallest absolute Gasteiger partial charge is 0.237 e. The maximum absolute atomic E-state index is 12.5. The van der Waals surface area contributed by atoms with E-state index in [0.29, 0.717) is 16.5 Å². The van der Waals surface area contributed by atoms with E-state index in [1.165, 1.54) is 23.1 Å². The lowest BCUT2D eigenvalue weighted by Crippen LogP contribution is -2.22. The normalized spacial score (nSPS) is 11.8. The summed E-state index contributed by atoms with van der Waals surface area (Å²) >= 11 is 8.97. The molecule has 26 heavy (non-hydrogen) atoms. The molecule has 1 N–H and O–H groups in total. The van der Waals surface area contributed by atoms with Crippen LogP contribution in [0.25, 0.3) is 11.3 Å². The third-order valence-electron chi connectivity index (χ3n) is 3.62. The van der Waals surface area contributed by atoms with Gasteiger partial charge in [-0.1, -0.05) is 53.7 Å². The van der Waals surface area contributed by atoms with Gasteiger partial charge < -0.3 is 10.1 Å².